The zero-order chi connectivity index (χ0) is 16.1. The fourth-order valence-electron chi connectivity index (χ4n) is 1.95. The summed E-state index contributed by atoms with van der Waals surface area (Å²) in [4.78, 5) is 25.9. The van der Waals surface area contributed by atoms with Gasteiger partial charge in [0.2, 0.25) is 0 Å². The van der Waals surface area contributed by atoms with E-state index in [1.165, 1.54) is 4.90 Å². The van der Waals surface area contributed by atoms with E-state index in [1.807, 2.05) is 36.4 Å². The summed E-state index contributed by atoms with van der Waals surface area (Å²) in [5.41, 5.74) is 1.19. The first-order chi connectivity index (χ1) is 10.5. The monoisotopic (exact) mass is 409 g/mol. The van der Waals surface area contributed by atoms with Gasteiger partial charge in [0.15, 0.2) is 6.10 Å². The fourth-order valence-corrected chi connectivity index (χ4v) is 2.49. The van der Waals surface area contributed by atoms with E-state index in [1.54, 1.807) is 32.2 Å². The van der Waals surface area contributed by atoms with E-state index in [0.29, 0.717) is 5.56 Å². The average molecular weight is 409 g/mol. The van der Waals surface area contributed by atoms with Crippen molar-refractivity contribution in [3.05, 3.63) is 63.7 Å². The summed E-state index contributed by atoms with van der Waals surface area (Å²) in [7, 11) is 1.66. The molecule has 1 atom stereocenters. The summed E-state index contributed by atoms with van der Waals surface area (Å²) in [5.74, 6) is -0.772. The van der Waals surface area contributed by atoms with E-state index in [0.717, 1.165) is 9.26 Å². The summed E-state index contributed by atoms with van der Waals surface area (Å²) in [5, 5.41) is 0. The topological polar surface area (TPSA) is 46.6 Å². The maximum Gasteiger partial charge on any atom is 0.338 e. The number of rotatable bonds is 4. The highest BCUT2D eigenvalue weighted by molar-refractivity contribution is 14.1. The molecule has 0 radical (unpaired) electrons. The highest BCUT2D eigenvalue weighted by atomic mass is 127. The summed E-state index contributed by atoms with van der Waals surface area (Å²) < 4.78 is 6.20. The number of halogens is 1. The lowest BCUT2D eigenvalue weighted by molar-refractivity contribution is -0.126. The molecule has 22 heavy (non-hydrogen) atoms. The van der Waals surface area contributed by atoms with Crippen molar-refractivity contribution < 1.29 is 14.3 Å². The molecular formula is C17H16INO3. The van der Waals surface area contributed by atoms with Crippen LogP contribution in [0.15, 0.2) is 54.6 Å². The first-order valence-corrected chi connectivity index (χ1v) is 7.86. The molecule has 0 saturated heterocycles. The van der Waals surface area contributed by atoms with Crippen LogP contribution in [0.5, 0.6) is 0 Å². The third-order valence-corrected chi connectivity index (χ3v) is 3.84. The number of nitrogens with zero attached hydrogens (tertiary/aromatic N) is 1. The van der Waals surface area contributed by atoms with Crippen molar-refractivity contribution in [3.8, 4) is 0 Å². The van der Waals surface area contributed by atoms with Gasteiger partial charge in [-0.05, 0) is 59.8 Å². The molecule has 0 fully saturated rings. The number of ether oxygens (including phenoxy) is 1. The Morgan fingerprint density at radius 3 is 2.41 bits per heavy atom. The molecule has 2 rings (SSSR count). The van der Waals surface area contributed by atoms with E-state index in [4.69, 9.17) is 4.74 Å². The van der Waals surface area contributed by atoms with Crippen LogP contribution in [-0.4, -0.2) is 25.0 Å². The number of benzene rings is 2. The normalized spacial score (nSPS) is 11.6. The Morgan fingerprint density at radius 1 is 1.09 bits per heavy atom. The van der Waals surface area contributed by atoms with Crippen LogP contribution in [0.3, 0.4) is 0 Å². The minimum absolute atomic E-state index is 0.273. The van der Waals surface area contributed by atoms with Gasteiger partial charge in [0.25, 0.3) is 5.91 Å². The van der Waals surface area contributed by atoms with Gasteiger partial charge in [0.1, 0.15) is 0 Å². The number of amides is 1. The molecule has 0 aliphatic heterocycles. The zero-order valence-electron chi connectivity index (χ0n) is 12.3. The lowest BCUT2D eigenvalue weighted by Gasteiger charge is -2.21. The van der Waals surface area contributed by atoms with E-state index >= 15 is 0 Å². The summed E-state index contributed by atoms with van der Waals surface area (Å²) in [6, 6.07) is 16.3. The van der Waals surface area contributed by atoms with Gasteiger partial charge >= 0.3 is 5.97 Å². The van der Waals surface area contributed by atoms with E-state index < -0.39 is 12.1 Å². The largest absolute Gasteiger partial charge is 0.449 e. The predicted molar refractivity (Wildman–Crippen MR) is 93.9 cm³/mol. The van der Waals surface area contributed by atoms with Gasteiger partial charge in [-0.1, -0.05) is 24.3 Å². The van der Waals surface area contributed by atoms with Crippen LogP contribution in [0.1, 0.15) is 17.3 Å². The minimum Gasteiger partial charge on any atom is -0.449 e. The molecule has 0 saturated carbocycles. The van der Waals surface area contributed by atoms with Crippen LogP contribution in [0, 0.1) is 3.57 Å². The molecule has 0 bridgehead atoms. The van der Waals surface area contributed by atoms with Crippen LogP contribution in [-0.2, 0) is 9.53 Å². The highest BCUT2D eigenvalue weighted by Crippen LogP contribution is 2.15. The lowest BCUT2D eigenvalue weighted by atomic mass is 10.2. The molecule has 5 heteroatoms. The van der Waals surface area contributed by atoms with Crippen molar-refractivity contribution in [2.24, 2.45) is 0 Å². The molecule has 0 spiro atoms. The van der Waals surface area contributed by atoms with Crippen molar-refractivity contribution in [1.82, 2.24) is 0 Å². The maximum absolute atomic E-state index is 12.3. The van der Waals surface area contributed by atoms with E-state index in [9.17, 15) is 9.59 Å². The minimum atomic E-state index is -0.851. The summed E-state index contributed by atoms with van der Waals surface area (Å²) in [6.07, 6.45) is -0.851. The van der Waals surface area contributed by atoms with Gasteiger partial charge in [-0.2, -0.15) is 0 Å². The lowest BCUT2D eigenvalue weighted by Crippen LogP contribution is -2.37. The predicted octanol–water partition coefficient (Wildman–Crippen LogP) is 3.50. The third-order valence-electron chi connectivity index (χ3n) is 3.17. The molecule has 114 valence electrons. The number of para-hydroxylation sites is 1. The number of esters is 1. The second-order valence-corrected chi connectivity index (χ2v) is 6.04. The number of carbonyl (C=O) groups excluding carboxylic acids is 2. The maximum atomic E-state index is 12.3. The Balaban J connectivity index is 2.04. The first-order valence-electron chi connectivity index (χ1n) is 6.78. The summed E-state index contributed by atoms with van der Waals surface area (Å²) >= 11 is 2.12. The third kappa shape index (κ3) is 4.07. The summed E-state index contributed by atoms with van der Waals surface area (Å²) in [6.45, 7) is 1.58. The Labute approximate surface area is 143 Å². The first kappa shape index (κ1) is 16.5. The van der Waals surface area contributed by atoms with E-state index in [-0.39, 0.29) is 5.91 Å². The van der Waals surface area contributed by atoms with Gasteiger partial charge in [-0.3, -0.25) is 4.79 Å². The zero-order valence-corrected chi connectivity index (χ0v) is 14.5. The van der Waals surface area contributed by atoms with Crippen molar-refractivity contribution in [3.63, 3.8) is 0 Å². The molecule has 0 unspecified atom stereocenters. The molecule has 0 heterocycles. The van der Waals surface area contributed by atoms with Crippen molar-refractivity contribution in [1.29, 1.82) is 0 Å². The van der Waals surface area contributed by atoms with Crippen molar-refractivity contribution >= 4 is 40.2 Å². The molecule has 2 aromatic rings. The SMILES string of the molecule is C[C@H](OC(=O)c1cccc(I)c1)C(=O)N(C)c1ccccc1. The Morgan fingerprint density at radius 2 is 1.77 bits per heavy atom. The number of anilines is 1. The molecule has 0 aromatic heterocycles. The number of likely N-dealkylation sites (N-methyl/N-ethyl adjacent to an activating group) is 1. The van der Waals surface area contributed by atoms with Gasteiger partial charge in [-0.25, -0.2) is 4.79 Å². The van der Waals surface area contributed by atoms with Crippen LogP contribution >= 0.6 is 22.6 Å². The van der Waals surface area contributed by atoms with Crippen LogP contribution in [0.2, 0.25) is 0 Å². The smallest absolute Gasteiger partial charge is 0.338 e. The van der Waals surface area contributed by atoms with E-state index in [2.05, 4.69) is 22.6 Å². The quantitative estimate of drug-likeness (QED) is 0.574. The van der Waals surface area contributed by atoms with Gasteiger partial charge in [0, 0.05) is 16.3 Å². The van der Waals surface area contributed by atoms with Gasteiger partial charge in [0.05, 0.1) is 5.56 Å². The molecule has 1 amide bonds. The molecule has 0 aliphatic carbocycles. The van der Waals surface area contributed by atoms with Crippen LogP contribution < -0.4 is 4.90 Å². The van der Waals surface area contributed by atoms with Gasteiger partial charge in [-0.15, -0.1) is 0 Å². The molecular weight excluding hydrogens is 393 g/mol. The van der Waals surface area contributed by atoms with Crippen LogP contribution in [0.4, 0.5) is 5.69 Å². The number of hydrogen-bond acceptors (Lipinski definition) is 3. The highest BCUT2D eigenvalue weighted by Gasteiger charge is 2.23. The average Bonchev–Trinajstić information content (AvgIpc) is 2.54. The Bertz CT molecular complexity index is 673. The molecule has 4 nitrogen and oxygen atoms in total. The standard InChI is InChI=1S/C17H16INO3/c1-12(16(20)19(2)15-9-4-3-5-10-15)22-17(21)13-7-6-8-14(18)11-13/h3-12H,1-2H3/t12-/m0/s1. The second kappa shape index (κ2) is 7.40. The second-order valence-electron chi connectivity index (χ2n) is 4.79. The van der Waals surface area contributed by atoms with Crippen LogP contribution in [0.25, 0.3) is 0 Å². The Hall–Kier alpha value is -1.89. The molecule has 0 N–H and O–H groups in total. The molecule has 0 aliphatic rings. The number of hydrogen-bond donors (Lipinski definition) is 0. The van der Waals surface area contributed by atoms with Gasteiger partial charge < -0.3 is 9.64 Å². The Kier molecular flexibility index (Phi) is 5.54. The van der Waals surface area contributed by atoms with Crippen molar-refractivity contribution in [2.75, 3.05) is 11.9 Å². The fraction of sp³-hybridized carbons (Fsp3) is 0.176. The van der Waals surface area contributed by atoms with Crippen molar-refractivity contribution in [2.45, 2.75) is 13.0 Å². The number of carbonyl (C=O) groups is 2. The molecule has 2 aromatic carbocycles.